The van der Waals surface area contributed by atoms with Crippen LogP contribution in [0.25, 0.3) is 0 Å². The molecule has 2 heterocycles. The van der Waals surface area contributed by atoms with Crippen LogP contribution >= 0.6 is 11.3 Å². The summed E-state index contributed by atoms with van der Waals surface area (Å²) in [6, 6.07) is 4.93. The van der Waals surface area contributed by atoms with E-state index in [2.05, 4.69) is 41.0 Å². The van der Waals surface area contributed by atoms with Crippen molar-refractivity contribution in [3.63, 3.8) is 0 Å². The van der Waals surface area contributed by atoms with Crippen LogP contribution in [0, 0.1) is 0 Å². The van der Waals surface area contributed by atoms with E-state index in [-0.39, 0.29) is 0 Å². The molecule has 0 amide bonds. The highest BCUT2D eigenvalue weighted by Crippen LogP contribution is 2.14. The number of rotatable bonds is 8. The average molecular weight is 277 g/mol. The Morgan fingerprint density at radius 3 is 3.00 bits per heavy atom. The van der Waals surface area contributed by atoms with Gasteiger partial charge in [-0.3, -0.25) is 4.68 Å². The molecule has 0 radical (unpaired) electrons. The normalized spacial score (nSPS) is 12.7. The highest BCUT2D eigenvalue weighted by molar-refractivity contribution is 7.09. The molecule has 1 N–H and O–H groups in total. The minimum Gasteiger partial charge on any atom is -0.314 e. The molecular weight excluding hydrogens is 254 g/mol. The molecule has 104 valence electrons. The van der Waals surface area contributed by atoms with Crippen LogP contribution in [-0.4, -0.2) is 22.4 Å². The first-order chi connectivity index (χ1) is 9.28. The monoisotopic (exact) mass is 277 g/mol. The van der Waals surface area contributed by atoms with Gasteiger partial charge in [-0.1, -0.05) is 13.0 Å². The van der Waals surface area contributed by atoms with Crippen LogP contribution < -0.4 is 5.32 Å². The van der Waals surface area contributed by atoms with E-state index in [1.54, 1.807) is 0 Å². The second-order valence-corrected chi connectivity index (χ2v) is 5.98. The van der Waals surface area contributed by atoms with Gasteiger partial charge in [0.15, 0.2) is 0 Å². The lowest BCUT2D eigenvalue weighted by Crippen LogP contribution is -2.30. The van der Waals surface area contributed by atoms with Gasteiger partial charge in [-0.25, -0.2) is 0 Å². The fraction of sp³-hybridized carbons (Fsp3) is 0.533. The zero-order valence-electron chi connectivity index (χ0n) is 11.8. The number of hydrogen-bond acceptors (Lipinski definition) is 3. The van der Waals surface area contributed by atoms with E-state index in [4.69, 9.17) is 0 Å². The zero-order valence-corrected chi connectivity index (χ0v) is 12.6. The fourth-order valence-corrected chi connectivity index (χ4v) is 3.16. The Morgan fingerprint density at radius 1 is 1.47 bits per heavy atom. The van der Waals surface area contributed by atoms with Crippen LogP contribution in [0.15, 0.2) is 29.9 Å². The quantitative estimate of drug-likeness (QED) is 0.804. The summed E-state index contributed by atoms with van der Waals surface area (Å²) in [5, 5.41) is 9.99. The van der Waals surface area contributed by atoms with E-state index in [9.17, 15) is 0 Å². The first kappa shape index (κ1) is 14.3. The highest BCUT2D eigenvalue weighted by atomic mass is 32.1. The Bertz CT molecular complexity index is 461. The molecule has 2 aromatic rings. The van der Waals surface area contributed by atoms with Crippen LogP contribution in [0.4, 0.5) is 0 Å². The Balaban J connectivity index is 1.78. The van der Waals surface area contributed by atoms with E-state index in [1.165, 1.54) is 29.7 Å². The molecule has 4 heteroatoms. The molecule has 0 spiro atoms. The number of thiophene rings is 1. The van der Waals surface area contributed by atoms with E-state index < -0.39 is 0 Å². The van der Waals surface area contributed by atoms with Crippen molar-refractivity contribution in [1.29, 1.82) is 0 Å². The summed E-state index contributed by atoms with van der Waals surface area (Å²) in [6.07, 6.45) is 8.84. The van der Waals surface area contributed by atoms with E-state index in [0.29, 0.717) is 6.04 Å². The van der Waals surface area contributed by atoms with Gasteiger partial charge in [-0.15, -0.1) is 11.3 Å². The van der Waals surface area contributed by atoms with Gasteiger partial charge in [0.25, 0.3) is 0 Å². The van der Waals surface area contributed by atoms with Gasteiger partial charge in [0, 0.05) is 24.2 Å². The number of hydrogen-bond donors (Lipinski definition) is 1. The summed E-state index contributed by atoms with van der Waals surface area (Å²) in [5.74, 6) is 0. The van der Waals surface area contributed by atoms with Crippen molar-refractivity contribution in [2.75, 3.05) is 6.54 Å². The van der Waals surface area contributed by atoms with E-state index in [1.807, 2.05) is 29.3 Å². The number of aromatic nitrogens is 2. The van der Waals surface area contributed by atoms with E-state index in [0.717, 1.165) is 13.0 Å². The van der Waals surface area contributed by atoms with Gasteiger partial charge in [-0.05, 0) is 49.2 Å². The lowest BCUT2D eigenvalue weighted by Gasteiger charge is -2.16. The number of nitrogens with one attached hydrogen (secondary N) is 1. The summed E-state index contributed by atoms with van der Waals surface area (Å²) in [5.41, 5.74) is 1.32. The van der Waals surface area contributed by atoms with Crippen LogP contribution in [0.2, 0.25) is 0 Å². The summed E-state index contributed by atoms with van der Waals surface area (Å²) in [4.78, 5) is 1.50. The summed E-state index contributed by atoms with van der Waals surface area (Å²) in [6.45, 7) is 3.21. The van der Waals surface area contributed by atoms with Crippen molar-refractivity contribution in [3.8, 4) is 0 Å². The summed E-state index contributed by atoms with van der Waals surface area (Å²) >= 11 is 1.86. The van der Waals surface area contributed by atoms with Gasteiger partial charge in [0.2, 0.25) is 0 Å². The second kappa shape index (κ2) is 7.46. The fourth-order valence-electron chi connectivity index (χ4n) is 2.40. The maximum atomic E-state index is 4.24. The molecule has 0 saturated heterocycles. The average Bonchev–Trinajstić information content (AvgIpc) is 3.01. The Labute approximate surface area is 119 Å². The Hall–Kier alpha value is -1.13. The lowest BCUT2D eigenvalue weighted by molar-refractivity contribution is 0.477. The molecule has 0 aliphatic heterocycles. The summed E-state index contributed by atoms with van der Waals surface area (Å²) < 4.78 is 1.88. The maximum absolute atomic E-state index is 4.24. The molecule has 1 atom stereocenters. The topological polar surface area (TPSA) is 29.9 Å². The van der Waals surface area contributed by atoms with Crippen molar-refractivity contribution in [3.05, 3.63) is 40.3 Å². The molecule has 0 aliphatic rings. The van der Waals surface area contributed by atoms with Gasteiger partial charge in [0.1, 0.15) is 0 Å². The minimum atomic E-state index is 0.564. The SMILES string of the molecule is CCNC(CCCc1cccs1)Cc1cnn(C)c1. The molecule has 0 aromatic carbocycles. The minimum absolute atomic E-state index is 0.564. The summed E-state index contributed by atoms with van der Waals surface area (Å²) in [7, 11) is 1.97. The van der Waals surface area contributed by atoms with Crippen molar-refractivity contribution < 1.29 is 0 Å². The first-order valence-corrected chi connectivity index (χ1v) is 7.89. The molecule has 0 saturated carbocycles. The first-order valence-electron chi connectivity index (χ1n) is 7.01. The molecular formula is C15H23N3S. The second-order valence-electron chi connectivity index (χ2n) is 4.95. The molecule has 2 aromatic heterocycles. The number of likely N-dealkylation sites (N-methyl/N-ethyl adjacent to an activating group) is 1. The lowest BCUT2D eigenvalue weighted by atomic mass is 10.0. The largest absolute Gasteiger partial charge is 0.314 e. The van der Waals surface area contributed by atoms with Crippen molar-refractivity contribution in [1.82, 2.24) is 15.1 Å². The Morgan fingerprint density at radius 2 is 2.37 bits per heavy atom. The van der Waals surface area contributed by atoms with Crippen LogP contribution in [0.5, 0.6) is 0 Å². The zero-order chi connectivity index (χ0) is 13.5. The third-order valence-corrected chi connectivity index (χ3v) is 4.23. The van der Waals surface area contributed by atoms with Crippen molar-refractivity contribution in [2.45, 2.75) is 38.6 Å². The Kier molecular flexibility index (Phi) is 5.61. The van der Waals surface area contributed by atoms with Gasteiger partial charge in [-0.2, -0.15) is 5.10 Å². The van der Waals surface area contributed by atoms with E-state index >= 15 is 0 Å². The molecule has 19 heavy (non-hydrogen) atoms. The van der Waals surface area contributed by atoms with Gasteiger partial charge >= 0.3 is 0 Å². The van der Waals surface area contributed by atoms with Crippen molar-refractivity contribution >= 4 is 11.3 Å². The van der Waals surface area contributed by atoms with Gasteiger partial charge in [0.05, 0.1) is 6.20 Å². The predicted molar refractivity (Wildman–Crippen MR) is 81.6 cm³/mol. The van der Waals surface area contributed by atoms with Gasteiger partial charge < -0.3 is 5.32 Å². The number of aryl methyl sites for hydroxylation is 2. The van der Waals surface area contributed by atoms with Crippen LogP contribution in [0.3, 0.4) is 0 Å². The third-order valence-electron chi connectivity index (χ3n) is 3.29. The molecule has 0 bridgehead atoms. The smallest absolute Gasteiger partial charge is 0.0522 e. The molecule has 3 nitrogen and oxygen atoms in total. The predicted octanol–water partition coefficient (Wildman–Crippen LogP) is 3.03. The molecule has 2 rings (SSSR count). The molecule has 0 aliphatic carbocycles. The highest BCUT2D eigenvalue weighted by Gasteiger charge is 2.09. The third kappa shape index (κ3) is 4.80. The molecule has 1 unspecified atom stereocenters. The number of nitrogens with zero attached hydrogens (tertiary/aromatic N) is 2. The van der Waals surface area contributed by atoms with Crippen LogP contribution in [-0.2, 0) is 19.9 Å². The maximum Gasteiger partial charge on any atom is 0.0522 e. The molecule has 0 fully saturated rings. The standard InChI is InChI=1S/C15H23N3S/c1-3-16-14(10-13-11-17-18(2)12-13)6-4-7-15-8-5-9-19-15/h5,8-9,11-12,14,16H,3-4,6-7,10H2,1-2H3. The van der Waals surface area contributed by atoms with Crippen molar-refractivity contribution in [2.24, 2.45) is 7.05 Å². The van der Waals surface area contributed by atoms with Crippen LogP contribution in [0.1, 0.15) is 30.2 Å².